The van der Waals surface area contributed by atoms with Gasteiger partial charge in [0.25, 0.3) is 0 Å². The van der Waals surface area contributed by atoms with Crippen molar-refractivity contribution >= 4 is 5.78 Å². The first-order valence-corrected chi connectivity index (χ1v) is 6.43. The first-order valence-electron chi connectivity index (χ1n) is 6.43. The molecule has 1 fully saturated rings. The summed E-state index contributed by atoms with van der Waals surface area (Å²) in [6.45, 7) is 2.88. The van der Waals surface area contributed by atoms with Gasteiger partial charge in [-0.25, -0.2) is 0 Å². The molecular formula is C15H20O2. The van der Waals surface area contributed by atoms with Gasteiger partial charge in [-0.15, -0.1) is 0 Å². The van der Waals surface area contributed by atoms with E-state index < -0.39 is 0 Å². The highest BCUT2D eigenvalue weighted by Gasteiger charge is 2.17. The van der Waals surface area contributed by atoms with Gasteiger partial charge in [0.05, 0.1) is 6.10 Å². The molecule has 1 heterocycles. The predicted molar refractivity (Wildman–Crippen MR) is 68.1 cm³/mol. The monoisotopic (exact) mass is 232 g/mol. The lowest BCUT2D eigenvalue weighted by Gasteiger charge is -2.21. The number of benzene rings is 1. The SMILES string of the molecule is Cc1ccccc1CC(=O)CC1CCCCO1. The third kappa shape index (κ3) is 3.67. The Morgan fingerprint density at radius 2 is 2.18 bits per heavy atom. The standard InChI is InChI=1S/C15H20O2/c1-12-6-2-3-7-13(12)10-14(16)11-15-8-4-5-9-17-15/h2-3,6-7,15H,4-5,8-11H2,1H3. The summed E-state index contributed by atoms with van der Waals surface area (Å²) in [5, 5.41) is 0. The molecule has 17 heavy (non-hydrogen) atoms. The van der Waals surface area contributed by atoms with E-state index >= 15 is 0 Å². The summed E-state index contributed by atoms with van der Waals surface area (Å²) >= 11 is 0. The molecule has 0 saturated carbocycles. The maximum atomic E-state index is 12.0. The number of aryl methyl sites for hydroxylation is 1. The van der Waals surface area contributed by atoms with Gasteiger partial charge >= 0.3 is 0 Å². The van der Waals surface area contributed by atoms with E-state index in [2.05, 4.69) is 13.0 Å². The van der Waals surface area contributed by atoms with Crippen LogP contribution >= 0.6 is 0 Å². The molecule has 1 aliphatic heterocycles. The largest absolute Gasteiger partial charge is 0.378 e. The van der Waals surface area contributed by atoms with E-state index in [1.165, 1.54) is 12.0 Å². The van der Waals surface area contributed by atoms with Crippen LogP contribution in [0.4, 0.5) is 0 Å². The van der Waals surface area contributed by atoms with Crippen LogP contribution in [-0.4, -0.2) is 18.5 Å². The predicted octanol–water partition coefficient (Wildman–Crippen LogP) is 3.07. The highest BCUT2D eigenvalue weighted by molar-refractivity contribution is 5.81. The maximum absolute atomic E-state index is 12.0. The summed E-state index contributed by atoms with van der Waals surface area (Å²) in [6, 6.07) is 8.09. The minimum Gasteiger partial charge on any atom is -0.378 e. The van der Waals surface area contributed by atoms with Gasteiger partial charge in [0, 0.05) is 19.4 Å². The van der Waals surface area contributed by atoms with E-state index in [-0.39, 0.29) is 6.10 Å². The van der Waals surface area contributed by atoms with Crippen LogP contribution in [0.3, 0.4) is 0 Å². The van der Waals surface area contributed by atoms with Gasteiger partial charge in [-0.3, -0.25) is 4.79 Å². The molecule has 0 bridgehead atoms. The third-order valence-corrected chi connectivity index (χ3v) is 3.38. The molecular weight excluding hydrogens is 212 g/mol. The van der Waals surface area contributed by atoms with Crippen molar-refractivity contribution in [2.75, 3.05) is 6.61 Å². The Morgan fingerprint density at radius 1 is 1.35 bits per heavy atom. The van der Waals surface area contributed by atoms with Crippen molar-refractivity contribution in [1.29, 1.82) is 0 Å². The summed E-state index contributed by atoms with van der Waals surface area (Å²) in [7, 11) is 0. The molecule has 1 aromatic rings. The molecule has 1 atom stereocenters. The number of ketones is 1. The van der Waals surface area contributed by atoms with Crippen LogP contribution in [-0.2, 0) is 16.0 Å². The molecule has 2 rings (SSSR count). The van der Waals surface area contributed by atoms with Crippen LogP contribution in [0.1, 0.15) is 36.8 Å². The van der Waals surface area contributed by atoms with Crippen molar-refractivity contribution in [2.45, 2.75) is 45.1 Å². The lowest BCUT2D eigenvalue weighted by Crippen LogP contribution is -2.23. The maximum Gasteiger partial charge on any atom is 0.139 e. The zero-order valence-corrected chi connectivity index (χ0v) is 10.4. The average Bonchev–Trinajstić information content (AvgIpc) is 2.33. The Kier molecular flexibility index (Phi) is 4.32. The van der Waals surface area contributed by atoms with E-state index in [4.69, 9.17) is 4.74 Å². The fraction of sp³-hybridized carbons (Fsp3) is 0.533. The van der Waals surface area contributed by atoms with E-state index in [0.717, 1.165) is 25.0 Å². The molecule has 0 N–H and O–H groups in total. The van der Waals surface area contributed by atoms with Gasteiger partial charge in [0.15, 0.2) is 0 Å². The minimum absolute atomic E-state index is 0.167. The van der Waals surface area contributed by atoms with E-state index in [0.29, 0.717) is 18.6 Å². The quantitative estimate of drug-likeness (QED) is 0.797. The number of hydrogen-bond donors (Lipinski definition) is 0. The first-order chi connectivity index (χ1) is 8.25. The van der Waals surface area contributed by atoms with Crippen molar-refractivity contribution < 1.29 is 9.53 Å². The zero-order valence-electron chi connectivity index (χ0n) is 10.4. The first kappa shape index (κ1) is 12.3. The van der Waals surface area contributed by atoms with E-state index in [1.54, 1.807) is 0 Å². The summed E-state index contributed by atoms with van der Waals surface area (Å²) in [4.78, 5) is 12.0. The third-order valence-electron chi connectivity index (χ3n) is 3.38. The lowest BCUT2D eigenvalue weighted by molar-refractivity contribution is -0.122. The average molecular weight is 232 g/mol. The number of ether oxygens (including phenoxy) is 1. The highest BCUT2D eigenvalue weighted by Crippen LogP contribution is 2.17. The summed E-state index contributed by atoms with van der Waals surface area (Å²) in [6.07, 6.45) is 4.67. The fourth-order valence-corrected chi connectivity index (χ4v) is 2.32. The second-order valence-electron chi connectivity index (χ2n) is 4.83. The summed E-state index contributed by atoms with van der Waals surface area (Å²) < 4.78 is 5.60. The number of rotatable bonds is 4. The molecule has 0 aliphatic carbocycles. The molecule has 0 spiro atoms. The molecule has 0 radical (unpaired) electrons. The molecule has 1 aliphatic rings. The lowest BCUT2D eigenvalue weighted by atomic mass is 9.98. The van der Waals surface area contributed by atoms with Gasteiger partial charge in [-0.2, -0.15) is 0 Å². The van der Waals surface area contributed by atoms with E-state index in [9.17, 15) is 4.79 Å². The molecule has 1 saturated heterocycles. The molecule has 0 amide bonds. The van der Waals surface area contributed by atoms with Crippen molar-refractivity contribution in [2.24, 2.45) is 0 Å². The van der Waals surface area contributed by atoms with Gasteiger partial charge in [0.1, 0.15) is 5.78 Å². The van der Waals surface area contributed by atoms with E-state index in [1.807, 2.05) is 18.2 Å². The smallest absolute Gasteiger partial charge is 0.139 e. The van der Waals surface area contributed by atoms with Gasteiger partial charge < -0.3 is 4.74 Å². The molecule has 0 aromatic heterocycles. The summed E-state index contributed by atoms with van der Waals surface area (Å²) in [5.41, 5.74) is 2.35. The second-order valence-corrected chi connectivity index (χ2v) is 4.83. The molecule has 1 unspecified atom stereocenters. The van der Waals surface area contributed by atoms with Gasteiger partial charge in [0.2, 0.25) is 0 Å². The van der Waals surface area contributed by atoms with Crippen LogP contribution < -0.4 is 0 Å². The van der Waals surface area contributed by atoms with Crippen LogP contribution in [0.2, 0.25) is 0 Å². The summed E-state index contributed by atoms with van der Waals surface area (Å²) in [5.74, 6) is 0.297. The normalized spacial score (nSPS) is 20.2. The van der Waals surface area contributed by atoms with Crippen molar-refractivity contribution in [3.05, 3.63) is 35.4 Å². The molecule has 2 heteroatoms. The van der Waals surface area contributed by atoms with Crippen molar-refractivity contribution in [3.8, 4) is 0 Å². The number of Topliss-reactive ketones (excluding diaryl/α,β-unsaturated/α-hetero) is 1. The Hall–Kier alpha value is -1.15. The minimum atomic E-state index is 0.167. The van der Waals surface area contributed by atoms with Crippen LogP contribution in [0.5, 0.6) is 0 Å². The Morgan fingerprint density at radius 3 is 2.88 bits per heavy atom. The van der Waals surface area contributed by atoms with Gasteiger partial charge in [-0.1, -0.05) is 24.3 Å². The highest BCUT2D eigenvalue weighted by atomic mass is 16.5. The van der Waals surface area contributed by atoms with Crippen LogP contribution in [0.15, 0.2) is 24.3 Å². The van der Waals surface area contributed by atoms with Crippen LogP contribution in [0, 0.1) is 6.92 Å². The molecule has 2 nitrogen and oxygen atoms in total. The Balaban J connectivity index is 1.86. The topological polar surface area (TPSA) is 26.3 Å². The number of carbonyl (C=O) groups excluding carboxylic acids is 1. The fourth-order valence-electron chi connectivity index (χ4n) is 2.32. The van der Waals surface area contributed by atoms with Crippen LogP contribution in [0.25, 0.3) is 0 Å². The Bertz CT molecular complexity index is 378. The molecule has 1 aromatic carbocycles. The molecule has 92 valence electrons. The van der Waals surface area contributed by atoms with Crippen molar-refractivity contribution in [3.63, 3.8) is 0 Å². The Labute approximate surface area is 103 Å². The second kappa shape index (κ2) is 5.97. The number of hydrogen-bond acceptors (Lipinski definition) is 2. The number of carbonyl (C=O) groups is 1. The van der Waals surface area contributed by atoms with Gasteiger partial charge in [-0.05, 0) is 37.3 Å². The van der Waals surface area contributed by atoms with Crippen molar-refractivity contribution in [1.82, 2.24) is 0 Å². The zero-order chi connectivity index (χ0) is 12.1.